The van der Waals surface area contributed by atoms with E-state index in [1.165, 1.54) is 0 Å². The molecule has 1 atom stereocenters. The van der Waals surface area contributed by atoms with Crippen LogP contribution in [-0.2, 0) is 10.2 Å². The summed E-state index contributed by atoms with van der Waals surface area (Å²) in [5.74, 6) is -0.391. The predicted molar refractivity (Wildman–Crippen MR) is 41.4 cm³/mol. The van der Waals surface area contributed by atoms with Crippen molar-refractivity contribution in [1.29, 1.82) is 5.26 Å². The average Bonchev–Trinajstić information content (AvgIpc) is 2.63. The van der Waals surface area contributed by atoms with Crippen LogP contribution in [0, 0.1) is 17.2 Å². The second-order valence-corrected chi connectivity index (χ2v) is 4.95. The normalized spacial score (nSPS) is 22.8. The maximum Gasteiger partial charge on any atom is 0.308 e. The summed E-state index contributed by atoms with van der Waals surface area (Å²) in [6.07, 6.45) is 0.812. The molecule has 0 radical (unpaired) electrons. The van der Waals surface area contributed by atoms with Gasteiger partial charge in [0.1, 0.15) is 4.75 Å². The van der Waals surface area contributed by atoms with Gasteiger partial charge in [0.15, 0.2) is 0 Å². The summed E-state index contributed by atoms with van der Waals surface area (Å²) >= 11 is 0. The van der Waals surface area contributed by atoms with E-state index < -0.39 is 20.9 Å². The molecule has 5 heteroatoms. The monoisotopic (exact) mass is 191 g/mol. The molecule has 0 spiro atoms. The molecule has 0 saturated heterocycles. The molecule has 0 heterocycles. The van der Waals surface area contributed by atoms with E-state index >= 15 is 0 Å². The smallest absolute Gasteiger partial charge is 0.198 e. The summed E-state index contributed by atoms with van der Waals surface area (Å²) in [5, 5.41) is 8.33. The number of hydrogen-bond acceptors (Lipinski definition) is 3. The van der Waals surface area contributed by atoms with Crippen LogP contribution in [0.4, 0.5) is 3.89 Å². The Labute approximate surface area is 71.4 Å². The van der Waals surface area contributed by atoms with Gasteiger partial charge in [-0.15, -0.1) is 3.89 Å². The highest BCUT2D eigenvalue weighted by molar-refractivity contribution is 7.88. The highest BCUT2D eigenvalue weighted by Crippen LogP contribution is 2.51. The van der Waals surface area contributed by atoms with Crippen molar-refractivity contribution in [2.24, 2.45) is 5.92 Å². The van der Waals surface area contributed by atoms with Gasteiger partial charge in [-0.3, -0.25) is 0 Å². The first kappa shape index (κ1) is 9.46. The van der Waals surface area contributed by atoms with Gasteiger partial charge >= 0.3 is 10.2 Å². The molecule has 0 amide bonds. The van der Waals surface area contributed by atoms with Crippen LogP contribution in [0.5, 0.6) is 0 Å². The van der Waals surface area contributed by atoms with Crippen LogP contribution in [0.15, 0.2) is 0 Å². The highest BCUT2D eigenvalue weighted by atomic mass is 32.3. The molecule has 0 N–H and O–H groups in total. The molecule has 68 valence electrons. The maximum atomic E-state index is 12.7. The molecular weight excluding hydrogens is 181 g/mol. The second-order valence-electron chi connectivity index (χ2n) is 3.27. The third-order valence-corrected chi connectivity index (χ3v) is 4.31. The van der Waals surface area contributed by atoms with Crippen LogP contribution in [0.25, 0.3) is 0 Å². The molecule has 12 heavy (non-hydrogen) atoms. The Bertz CT molecular complexity index is 313. The standard InChI is InChI=1S/C7H10FNO2S/c1-6(2-5-9)7(3-4-7)12(8,10)11/h6H,2-4H2,1H3. The van der Waals surface area contributed by atoms with Gasteiger partial charge in [0, 0.05) is 6.42 Å². The summed E-state index contributed by atoms with van der Waals surface area (Å²) < 4.78 is 32.8. The van der Waals surface area contributed by atoms with Crippen molar-refractivity contribution in [1.82, 2.24) is 0 Å². The van der Waals surface area contributed by atoms with Crippen LogP contribution in [0.3, 0.4) is 0 Å². The Morgan fingerprint density at radius 2 is 2.17 bits per heavy atom. The first-order chi connectivity index (χ1) is 5.44. The lowest BCUT2D eigenvalue weighted by molar-refractivity contribution is 0.471. The molecule has 1 saturated carbocycles. The van der Waals surface area contributed by atoms with Crippen LogP contribution >= 0.6 is 0 Å². The largest absolute Gasteiger partial charge is 0.308 e. The minimum atomic E-state index is -4.46. The lowest BCUT2D eigenvalue weighted by Gasteiger charge is -2.15. The number of nitrogens with zero attached hydrogens (tertiary/aromatic N) is 1. The summed E-state index contributed by atoms with van der Waals surface area (Å²) in [6.45, 7) is 1.60. The van der Waals surface area contributed by atoms with Crippen LogP contribution in [-0.4, -0.2) is 13.2 Å². The van der Waals surface area contributed by atoms with Gasteiger partial charge in [-0.05, 0) is 18.8 Å². The van der Waals surface area contributed by atoms with Crippen LogP contribution in [0.2, 0.25) is 0 Å². The molecule has 0 aromatic heterocycles. The van der Waals surface area contributed by atoms with E-state index in [4.69, 9.17) is 5.26 Å². The van der Waals surface area contributed by atoms with E-state index in [2.05, 4.69) is 0 Å². The van der Waals surface area contributed by atoms with Gasteiger partial charge in [-0.2, -0.15) is 13.7 Å². The van der Waals surface area contributed by atoms with Crippen molar-refractivity contribution in [2.45, 2.75) is 30.9 Å². The van der Waals surface area contributed by atoms with Gasteiger partial charge in [0.2, 0.25) is 0 Å². The molecule has 1 aliphatic rings. The molecular formula is C7H10FNO2S. The van der Waals surface area contributed by atoms with E-state index in [1.54, 1.807) is 6.92 Å². The number of hydrogen-bond donors (Lipinski definition) is 0. The molecule has 1 aliphatic carbocycles. The van der Waals surface area contributed by atoms with Crippen molar-refractivity contribution in [2.75, 3.05) is 0 Å². The fourth-order valence-electron chi connectivity index (χ4n) is 1.42. The topological polar surface area (TPSA) is 57.9 Å². The van der Waals surface area contributed by atoms with Gasteiger partial charge in [-0.1, -0.05) is 6.92 Å². The first-order valence-corrected chi connectivity index (χ1v) is 5.13. The highest BCUT2D eigenvalue weighted by Gasteiger charge is 2.58. The zero-order valence-corrected chi connectivity index (χ0v) is 7.57. The van der Waals surface area contributed by atoms with E-state index in [0.717, 1.165) is 0 Å². The van der Waals surface area contributed by atoms with Gasteiger partial charge in [0.25, 0.3) is 0 Å². The van der Waals surface area contributed by atoms with E-state index in [9.17, 15) is 12.3 Å². The van der Waals surface area contributed by atoms with Crippen molar-refractivity contribution in [3.8, 4) is 6.07 Å². The van der Waals surface area contributed by atoms with E-state index in [1.807, 2.05) is 6.07 Å². The van der Waals surface area contributed by atoms with Gasteiger partial charge in [-0.25, -0.2) is 0 Å². The van der Waals surface area contributed by atoms with Crippen molar-refractivity contribution in [3.63, 3.8) is 0 Å². The average molecular weight is 191 g/mol. The summed E-state index contributed by atoms with van der Waals surface area (Å²) in [7, 11) is -4.46. The lowest BCUT2D eigenvalue weighted by Crippen LogP contribution is -2.27. The molecule has 1 rings (SSSR count). The number of halogens is 1. The minimum Gasteiger partial charge on any atom is -0.198 e. The molecule has 3 nitrogen and oxygen atoms in total. The van der Waals surface area contributed by atoms with Crippen molar-refractivity contribution < 1.29 is 12.3 Å². The number of nitriles is 1. The molecule has 0 aromatic carbocycles. The van der Waals surface area contributed by atoms with Crippen molar-refractivity contribution in [3.05, 3.63) is 0 Å². The Kier molecular flexibility index (Phi) is 2.13. The van der Waals surface area contributed by atoms with E-state index in [-0.39, 0.29) is 6.42 Å². The molecule has 0 bridgehead atoms. The number of rotatable bonds is 3. The molecule has 1 fully saturated rings. The molecule has 0 aromatic rings. The van der Waals surface area contributed by atoms with Gasteiger partial charge < -0.3 is 0 Å². The summed E-state index contributed by atoms with van der Waals surface area (Å²) in [4.78, 5) is 0. The Morgan fingerprint density at radius 1 is 1.67 bits per heavy atom. The third kappa shape index (κ3) is 1.31. The maximum absolute atomic E-state index is 12.7. The SMILES string of the molecule is CC(CC#N)C1(S(=O)(=O)F)CC1. The summed E-state index contributed by atoms with van der Waals surface area (Å²) in [6, 6.07) is 1.85. The molecule has 0 aliphatic heterocycles. The first-order valence-electron chi connectivity index (χ1n) is 3.75. The Morgan fingerprint density at radius 3 is 2.42 bits per heavy atom. The molecule has 1 unspecified atom stereocenters. The lowest BCUT2D eigenvalue weighted by atomic mass is 10.0. The van der Waals surface area contributed by atoms with Gasteiger partial charge in [0.05, 0.1) is 6.07 Å². The quantitative estimate of drug-likeness (QED) is 0.633. The Hall–Kier alpha value is -0.630. The predicted octanol–water partition coefficient (Wildman–Crippen LogP) is 1.37. The zero-order chi connectivity index (χ0) is 9.41. The second kappa shape index (κ2) is 2.70. The Balaban J connectivity index is 2.82. The summed E-state index contributed by atoms with van der Waals surface area (Å²) in [5.41, 5.74) is 0. The van der Waals surface area contributed by atoms with Crippen LogP contribution < -0.4 is 0 Å². The van der Waals surface area contributed by atoms with E-state index in [0.29, 0.717) is 12.8 Å². The fourth-order valence-corrected chi connectivity index (χ4v) is 2.58. The van der Waals surface area contributed by atoms with Crippen LogP contribution in [0.1, 0.15) is 26.2 Å². The fraction of sp³-hybridized carbons (Fsp3) is 0.857. The van der Waals surface area contributed by atoms with Crippen molar-refractivity contribution >= 4 is 10.2 Å². The zero-order valence-electron chi connectivity index (χ0n) is 6.75. The minimum absolute atomic E-state index is 0.100. The third-order valence-electron chi connectivity index (χ3n) is 2.52.